The number of rotatable bonds is 3. The topological polar surface area (TPSA) is 20.2 Å². The maximum Gasteiger partial charge on any atom is 0.206 e. The molecule has 0 bridgehead atoms. The molecular formula is C5H8ClF2O. The van der Waals surface area contributed by atoms with E-state index in [1.54, 1.807) is 0 Å². The second kappa shape index (κ2) is 4.01. The minimum atomic E-state index is -2.14. The van der Waals surface area contributed by atoms with Crippen molar-refractivity contribution < 1.29 is 13.9 Å². The molecule has 3 unspecified atom stereocenters. The summed E-state index contributed by atoms with van der Waals surface area (Å²) in [6.07, 6.45) is -3.49. The molecule has 0 aliphatic rings. The van der Waals surface area contributed by atoms with Crippen molar-refractivity contribution in [2.75, 3.05) is 0 Å². The molecule has 4 heteroatoms. The van der Waals surface area contributed by atoms with Crippen LogP contribution in [-0.4, -0.2) is 23.0 Å². The summed E-state index contributed by atoms with van der Waals surface area (Å²) in [5.41, 5.74) is -2.14. The third-order valence-corrected chi connectivity index (χ3v) is 1.14. The highest BCUT2D eigenvalue weighted by Crippen LogP contribution is 2.13. The second-order valence-electron chi connectivity index (χ2n) is 1.63. The van der Waals surface area contributed by atoms with Crippen molar-refractivity contribution >= 4 is 11.6 Å². The van der Waals surface area contributed by atoms with E-state index >= 15 is 0 Å². The zero-order valence-corrected chi connectivity index (χ0v) is 5.48. The number of halogens is 3. The van der Waals surface area contributed by atoms with Crippen LogP contribution in [0.5, 0.6) is 0 Å². The fourth-order valence-electron chi connectivity index (χ4n) is 0.327. The van der Waals surface area contributed by atoms with E-state index in [-0.39, 0.29) is 6.42 Å². The van der Waals surface area contributed by atoms with E-state index in [1.807, 2.05) is 0 Å². The summed E-state index contributed by atoms with van der Waals surface area (Å²) in [6.45, 7) is 3.17. The van der Waals surface area contributed by atoms with E-state index in [4.69, 9.17) is 5.11 Å². The van der Waals surface area contributed by atoms with Crippen LogP contribution in [0.2, 0.25) is 0 Å². The molecule has 3 atom stereocenters. The normalized spacial score (nSPS) is 21.0. The summed E-state index contributed by atoms with van der Waals surface area (Å²) < 4.78 is 23.9. The van der Waals surface area contributed by atoms with Gasteiger partial charge in [0.1, 0.15) is 0 Å². The van der Waals surface area contributed by atoms with Gasteiger partial charge < -0.3 is 5.11 Å². The largest absolute Gasteiger partial charge is 0.390 e. The van der Waals surface area contributed by atoms with Crippen molar-refractivity contribution in [1.29, 1.82) is 0 Å². The minimum Gasteiger partial charge on any atom is -0.390 e. The molecule has 55 valence electrons. The molecule has 0 aliphatic carbocycles. The maximum atomic E-state index is 12.1. The predicted octanol–water partition coefficient (Wildman–Crippen LogP) is 1.44. The fraction of sp³-hybridized carbons (Fsp3) is 0.800. The molecule has 0 spiro atoms. The Kier molecular flexibility index (Phi) is 4.06. The van der Waals surface area contributed by atoms with E-state index in [1.165, 1.54) is 0 Å². The van der Waals surface area contributed by atoms with Crippen LogP contribution in [-0.2, 0) is 0 Å². The number of aliphatic hydroxyl groups is 1. The number of hydrogen-bond acceptors (Lipinski definition) is 1. The lowest BCUT2D eigenvalue weighted by atomic mass is 10.2. The van der Waals surface area contributed by atoms with E-state index in [0.29, 0.717) is 0 Å². The Labute approximate surface area is 57.6 Å². The van der Waals surface area contributed by atoms with E-state index in [9.17, 15) is 8.78 Å². The van der Waals surface area contributed by atoms with Crippen molar-refractivity contribution in [2.24, 2.45) is 0 Å². The first-order valence-corrected chi connectivity index (χ1v) is 2.92. The predicted molar refractivity (Wildman–Crippen MR) is 31.6 cm³/mol. The molecule has 1 nitrogen and oxygen atoms in total. The van der Waals surface area contributed by atoms with Crippen LogP contribution in [0.1, 0.15) is 6.42 Å². The molecular weight excluding hydrogens is 150 g/mol. The van der Waals surface area contributed by atoms with Gasteiger partial charge in [0.05, 0.1) is 6.10 Å². The van der Waals surface area contributed by atoms with Gasteiger partial charge in [0.2, 0.25) is 5.63 Å². The van der Waals surface area contributed by atoms with Crippen molar-refractivity contribution in [3.8, 4) is 0 Å². The molecule has 0 aromatic heterocycles. The second-order valence-corrected chi connectivity index (χ2v) is 2.05. The van der Waals surface area contributed by atoms with Crippen LogP contribution in [0.15, 0.2) is 0 Å². The van der Waals surface area contributed by atoms with Gasteiger partial charge in [0, 0.05) is 0 Å². The summed E-state index contributed by atoms with van der Waals surface area (Å²) in [7, 11) is 0. The molecule has 0 aromatic carbocycles. The lowest BCUT2D eigenvalue weighted by Gasteiger charge is -2.12. The molecule has 0 amide bonds. The third kappa shape index (κ3) is 2.96. The van der Waals surface area contributed by atoms with Gasteiger partial charge in [-0.2, -0.15) is 0 Å². The van der Waals surface area contributed by atoms with Gasteiger partial charge in [-0.25, -0.2) is 8.78 Å². The molecule has 0 aromatic rings. The summed E-state index contributed by atoms with van der Waals surface area (Å²) >= 11 is 4.67. The first-order chi connectivity index (χ1) is 4.09. The van der Waals surface area contributed by atoms with Gasteiger partial charge in [0.25, 0.3) is 0 Å². The minimum absolute atomic E-state index is 0.0751. The average molecular weight is 158 g/mol. The summed E-state index contributed by atoms with van der Waals surface area (Å²) in [5, 5.41) is 8.53. The van der Waals surface area contributed by atoms with Gasteiger partial charge in [-0.3, -0.25) is 0 Å². The summed E-state index contributed by atoms with van der Waals surface area (Å²) in [5.74, 6) is 0. The molecule has 0 saturated heterocycles. The first-order valence-electron chi connectivity index (χ1n) is 2.49. The van der Waals surface area contributed by atoms with Gasteiger partial charge in [0.15, 0.2) is 6.17 Å². The zero-order valence-electron chi connectivity index (χ0n) is 4.73. The monoisotopic (exact) mass is 157 g/mol. The number of hydrogen-bond donors (Lipinski definition) is 1. The van der Waals surface area contributed by atoms with Crippen molar-refractivity contribution in [3.63, 3.8) is 0 Å². The van der Waals surface area contributed by atoms with E-state index in [0.717, 1.165) is 0 Å². The highest BCUT2D eigenvalue weighted by molar-refractivity contribution is 6.20. The van der Waals surface area contributed by atoms with Gasteiger partial charge in [-0.15, -0.1) is 0 Å². The number of aliphatic hydroxyl groups excluding tert-OH is 1. The van der Waals surface area contributed by atoms with Crippen molar-refractivity contribution in [3.05, 3.63) is 6.92 Å². The van der Waals surface area contributed by atoms with E-state index < -0.39 is 17.9 Å². The highest BCUT2D eigenvalue weighted by atomic mass is 35.5. The van der Waals surface area contributed by atoms with Crippen LogP contribution >= 0.6 is 11.6 Å². The Morgan fingerprint density at radius 3 is 2.11 bits per heavy atom. The molecule has 0 heterocycles. The van der Waals surface area contributed by atoms with E-state index in [2.05, 4.69) is 18.5 Å². The SMILES string of the molecule is [CH2]CC(O)C(F)C(F)Cl. The van der Waals surface area contributed by atoms with Crippen molar-refractivity contribution in [2.45, 2.75) is 24.3 Å². The van der Waals surface area contributed by atoms with Gasteiger partial charge in [-0.05, 0) is 6.42 Å². The smallest absolute Gasteiger partial charge is 0.206 e. The molecule has 0 aliphatic heterocycles. The molecule has 0 rings (SSSR count). The number of alkyl halides is 3. The fourth-order valence-corrected chi connectivity index (χ4v) is 0.495. The van der Waals surface area contributed by atoms with Crippen LogP contribution in [0, 0.1) is 6.92 Å². The Morgan fingerprint density at radius 1 is 1.56 bits per heavy atom. The average Bonchev–Trinajstić information content (AvgIpc) is 1.84. The van der Waals surface area contributed by atoms with Crippen LogP contribution in [0.3, 0.4) is 0 Å². The quantitative estimate of drug-likeness (QED) is 0.615. The maximum absolute atomic E-state index is 12.1. The lowest BCUT2D eigenvalue weighted by Crippen LogP contribution is -2.27. The Bertz CT molecular complexity index is 79.4. The molecule has 1 radical (unpaired) electrons. The standard InChI is InChI=1S/C5H8ClF2O/c1-2-3(9)4(7)5(6)8/h3-5,9H,1-2H2. The van der Waals surface area contributed by atoms with Crippen LogP contribution in [0.25, 0.3) is 0 Å². The molecule has 0 saturated carbocycles. The highest BCUT2D eigenvalue weighted by Gasteiger charge is 2.24. The van der Waals surface area contributed by atoms with Crippen LogP contribution in [0.4, 0.5) is 8.78 Å². The summed E-state index contributed by atoms with van der Waals surface area (Å²) in [6, 6.07) is 0. The molecule has 1 N–H and O–H groups in total. The lowest BCUT2D eigenvalue weighted by molar-refractivity contribution is 0.0526. The third-order valence-electron chi connectivity index (χ3n) is 0.904. The zero-order chi connectivity index (χ0) is 7.44. The van der Waals surface area contributed by atoms with Gasteiger partial charge >= 0.3 is 0 Å². The Hall–Kier alpha value is 0.110. The molecule has 0 fully saturated rings. The van der Waals surface area contributed by atoms with Crippen LogP contribution < -0.4 is 0 Å². The molecule has 9 heavy (non-hydrogen) atoms. The summed E-state index contributed by atoms with van der Waals surface area (Å²) in [4.78, 5) is 0. The van der Waals surface area contributed by atoms with Crippen molar-refractivity contribution in [1.82, 2.24) is 0 Å². The van der Waals surface area contributed by atoms with Gasteiger partial charge in [-0.1, -0.05) is 18.5 Å². The Balaban J connectivity index is 3.58. The Morgan fingerprint density at radius 2 is 2.00 bits per heavy atom. The first kappa shape index (κ1) is 9.11.